The summed E-state index contributed by atoms with van der Waals surface area (Å²) in [5.41, 5.74) is 0. The number of halogens is 1. The zero-order valence-corrected chi connectivity index (χ0v) is 11.6. The van der Waals surface area contributed by atoms with Gasteiger partial charge >= 0.3 is 0 Å². The summed E-state index contributed by atoms with van der Waals surface area (Å²) in [4.78, 5) is 0.640. The molecule has 5 heteroatoms. The van der Waals surface area contributed by atoms with Gasteiger partial charge in [-0.25, -0.2) is 13.1 Å². The van der Waals surface area contributed by atoms with Crippen molar-refractivity contribution in [2.75, 3.05) is 12.3 Å². The van der Waals surface area contributed by atoms with Gasteiger partial charge in [0.1, 0.15) is 0 Å². The summed E-state index contributed by atoms with van der Waals surface area (Å²) in [7, 11) is -3.01. The van der Waals surface area contributed by atoms with Crippen molar-refractivity contribution in [3.63, 3.8) is 0 Å². The summed E-state index contributed by atoms with van der Waals surface area (Å²) in [5.74, 6) is 0.784. The molecule has 0 aromatic carbocycles. The highest BCUT2D eigenvalue weighted by Crippen LogP contribution is 2.28. The molecule has 0 spiro atoms. The van der Waals surface area contributed by atoms with Crippen LogP contribution in [-0.4, -0.2) is 25.5 Å². The first-order chi connectivity index (χ1) is 7.03. The van der Waals surface area contributed by atoms with Crippen LogP contribution in [0.25, 0.3) is 0 Å². The molecular formula is C10H20BrNO2S. The lowest BCUT2D eigenvalue weighted by Crippen LogP contribution is -2.32. The van der Waals surface area contributed by atoms with Gasteiger partial charge in [-0.05, 0) is 38.0 Å². The molecule has 0 aromatic rings. The first-order valence-corrected chi connectivity index (χ1v) is 8.21. The van der Waals surface area contributed by atoms with Crippen LogP contribution in [0.1, 0.15) is 39.0 Å². The quantitative estimate of drug-likeness (QED) is 0.791. The van der Waals surface area contributed by atoms with E-state index >= 15 is 0 Å². The molecule has 1 aliphatic rings. The van der Waals surface area contributed by atoms with E-state index in [1.54, 1.807) is 0 Å². The zero-order chi connectivity index (χ0) is 11.3. The van der Waals surface area contributed by atoms with Gasteiger partial charge in [-0.1, -0.05) is 22.9 Å². The van der Waals surface area contributed by atoms with Crippen LogP contribution in [0, 0.1) is 5.92 Å². The van der Waals surface area contributed by atoms with Crippen molar-refractivity contribution >= 4 is 26.0 Å². The Morgan fingerprint density at radius 3 is 2.40 bits per heavy atom. The van der Waals surface area contributed by atoms with Crippen LogP contribution in [0.3, 0.4) is 0 Å². The maximum atomic E-state index is 11.4. The van der Waals surface area contributed by atoms with Crippen molar-refractivity contribution in [3.05, 3.63) is 0 Å². The fourth-order valence-electron chi connectivity index (χ4n) is 1.91. The first-order valence-electron chi connectivity index (χ1n) is 5.65. The molecule has 1 saturated carbocycles. The summed E-state index contributed by atoms with van der Waals surface area (Å²) >= 11 is 3.59. The lowest BCUT2D eigenvalue weighted by molar-refractivity contribution is 0.366. The molecule has 1 aliphatic carbocycles. The van der Waals surface area contributed by atoms with E-state index in [1.165, 1.54) is 12.8 Å². The Balaban J connectivity index is 2.25. The van der Waals surface area contributed by atoms with Crippen molar-refractivity contribution in [2.24, 2.45) is 5.92 Å². The molecule has 0 unspecified atom stereocenters. The van der Waals surface area contributed by atoms with Crippen LogP contribution in [0.5, 0.6) is 0 Å². The SMILES string of the molecule is CCCS(=O)(=O)NCC1CCC(Br)CC1. The highest BCUT2D eigenvalue weighted by Gasteiger charge is 2.20. The number of sulfonamides is 1. The van der Waals surface area contributed by atoms with Gasteiger partial charge in [0, 0.05) is 11.4 Å². The van der Waals surface area contributed by atoms with Crippen molar-refractivity contribution in [1.29, 1.82) is 0 Å². The summed E-state index contributed by atoms with van der Waals surface area (Å²) < 4.78 is 25.5. The van der Waals surface area contributed by atoms with Gasteiger partial charge in [0.05, 0.1) is 5.75 Å². The van der Waals surface area contributed by atoms with E-state index in [1.807, 2.05) is 6.92 Å². The molecule has 0 atom stereocenters. The lowest BCUT2D eigenvalue weighted by Gasteiger charge is -2.25. The van der Waals surface area contributed by atoms with E-state index in [4.69, 9.17) is 0 Å². The van der Waals surface area contributed by atoms with E-state index in [-0.39, 0.29) is 5.75 Å². The van der Waals surface area contributed by atoms with Gasteiger partial charge in [-0.3, -0.25) is 0 Å². The molecular weight excluding hydrogens is 278 g/mol. The Hall–Kier alpha value is 0.390. The second kappa shape index (κ2) is 6.21. The van der Waals surface area contributed by atoms with Gasteiger partial charge in [0.2, 0.25) is 10.0 Å². The highest BCUT2D eigenvalue weighted by atomic mass is 79.9. The summed E-state index contributed by atoms with van der Waals surface area (Å²) in [5, 5.41) is 0. The van der Waals surface area contributed by atoms with E-state index in [0.717, 1.165) is 12.8 Å². The standard InChI is InChI=1S/C10H20BrNO2S/c1-2-7-15(13,14)12-8-9-3-5-10(11)6-4-9/h9-10,12H,2-8H2,1H3. The monoisotopic (exact) mass is 297 g/mol. The molecule has 0 aliphatic heterocycles. The van der Waals surface area contributed by atoms with Crippen molar-refractivity contribution in [2.45, 2.75) is 43.9 Å². The van der Waals surface area contributed by atoms with Crippen LogP contribution < -0.4 is 4.72 Å². The summed E-state index contributed by atoms with van der Waals surface area (Å²) in [6.07, 6.45) is 5.28. The van der Waals surface area contributed by atoms with Gasteiger partial charge in [0.25, 0.3) is 0 Å². The minimum absolute atomic E-state index is 0.251. The maximum absolute atomic E-state index is 11.4. The van der Waals surface area contributed by atoms with Crippen LogP contribution in [0.15, 0.2) is 0 Å². The van der Waals surface area contributed by atoms with Crippen LogP contribution in [0.2, 0.25) is 0 Å². The molecule has 0 heterocycles. The zero-order valence-electron chi connectivity index (χ0n) is 9.21. The molecule has 3 nitrogen and oxygen atoms in total. The predicted octanol–water partition coefficient (Wildman–Crippen LogP) is 2.27. The fraction of sp³-hybridized carbons (Fsp3) is 1.00. The Bertz CT molecular complexity index is 271. The Morgan fingerprint density at radius 1 is 1.27 bits per heavy atom. The molecule has 0 radical (unpaired) electrons. The molecule has 0 aromatic heterocycles. The minimum atomic E-state index is -3.01. The number of hydrogen-bond acceptors (Lipinski definition) is 2. The third-order valence-electron chi connectivity index (χ3n) is 2.84. The summed E-state index contributed by atoms with van der Waals surface area (Å²) in [6.45, 7) is 2.51. The normalized spacial score (nSPS) is 27.9. The van der Waals surface area contributed by atoms with E-state index in [2.05, 4.69) is 20.7 Å². The number of alkyl halides is 1. The number of nitrogens with one attached hydrogen (secondary N) is 1. The van der Waals surface area contributed by atoms with Crippen molar-refractivity contribution < 1.29 is 8.42 Å². The van der Waals surface area contributed by atoms with E-state index in [0.29, 0.717) is 23.7 Å². The van der Waals surface area contributed by atoms with Gasteiger partial charge in [0.15, 0.2) is 0 Å². The Morgan fingerprint density at radius 2 is 1.87 bits per heavy atom. The van der Waals surface area contributed by atoms with E-state index < -0.39 is 10.0 Å². The third-order valence-corrected chi connectivity index (χ3v) is 5.31. The Kier molecular flexibility index (Phi) is 5.57. The lowest BCUT2D eigenvalue weighted by atomic mass is 9.89. The highest BCUT2D eigenvalue weighted by molar-refractivity contribution is 9.09. The third kappa shape index (κ3) is 5.31. The maximum Gasteiger partial charge on any atom is 0.211 e. The molecule has 0 saturated heterocycles. The second-order valence-electron chi connectivity index (χ2n) is 4.29. The molecule has 1 fully saturated rings. The average Bonchev–Trinajstić information content (AvgIpc) is 2.17. The topological polar surface area (TPSA) is 46.2 Å². The van der Waals surface area contributed by atoms with E-state index in [9.17, 15) is 8.42 Å². The molecule has 0 bridgehead atoms. The predicted molar refractivity (Wildman–Crippen MR) is 66.8 cm³/mol. The van der Waals surface area contributed by atoms with Gasteiger partial charge < -0.3 is 0 Å². The van der Waals surface area contributed by atoms with Crippen molar-refractivity contribution in [1.82, 2.24) is 4.72 Å². The van der Waals surface area contributed by atoms with Crippen LogP contribution in [-0.2, 0) is 10.0 Å². The molecule has 90 valence electrons. The Labute approximate surface area is 101 Å². The fourth-order valence-corrected chi connectivity index (χ4v) is 3.61. The first kappa shape index (κ1) is 13.5. The van der Waals surface area contributed by atoms with Gasteiger partial charge in [-0.2, -0.15) is 0 Å². The summed E-state index contributed by atoms with van der Waals surface area (Å²) in [6, 6.07) is 0. The molecule has 1 rings (SSSR count). The molecule has 15 heavy (non-hydrogen) atoms. The molecule has 0 amide bonds. The smallest absolute Gasteiger partial charge is 0.211 e. The largest absolute Gasteiger partial charge is 0.215 e. The van der Waals surface area contributed by atoms with Crippen molar-refractivity contribution in [3.8, 4) is 0 Å². The number of rotatable bonds is 5. The van der Waals surface area contributed by atoms with Crippen LogP contribution >= 0.6 is 15.9 Å². The molecule has 1 N–H and O–H groups in total. The average molecular weight is 298 g/mol. The van der Waals surface area contributed by atoms with Gasteiger partial charge in [-0.15, -0.1) is 0 Å². The van der Waals surface area contributed by atoms with Crippen LogP contribution in [0.4, 0.5) is 0 Å². The second-order valence-corrected chi connectivity index (χ2v) is 7.51. The minimum Gasteiger partial charge on any atom is -0.215 e. The number of hydrogen-bond donors (Lipinski definition) is 1.